The lowest BCUT2D eigenvalue weighted by Gasteiger charge is -2.40. The number of methoxy groups -OCH3 is 2. The van der Waals surface area contributed by atoms with Crippen molar-refractivity contribution in [1.82, 2.24) is 15.0 Å². The molecule has 0 amide bonds. The lowest BCUT2D eigenvalue weighted by Crippen LogP contribution is -2.48. The van der Waals surface area contributed by atoms with Crippen molar-refractivity contribution in [2.45, 2.75) is 68.9 Å². The zero-order valence-electron chi connectivity index (χ0n) is 28.6. The molecule has 1 fully saturated rings. The second-order valence-corrected chi connectivity index (χ2v) is 18.5. The highest BCUT2D eigenvalue weighted by Crippen LogP contribution is 2.45. The van der Waals surface area contributed by atoms with Gasteiger partial charge in [-0.3, -0.25) is 0 Å². The van der Waals surface area contributed by atoms with Gasteiger partial charge < -0.3 is 33.5 Å². The predicted molar refractivity (Wildman–Crippen MR) is 188 cm³/mol. The number of nitrogens with one attached hydrogen (secondary N) is 1. The summed E-state index contributed by atoms with van der Waals surface area (Å²) in [5.41, 5.74) is 2.32. The minimum Gasteiger partial charge on any atom is -0.497 e. The van der Waals surface area contributed by atoms with Crippen LogP contribution in [0.2, 0.25) is 18.1 Å². The van der Waals surface area contributed by atoms with Gasteiger partial charge in [-0.2, -0.15) is 0 Å². The Morgan fingerprint density at radius 3 is 1.98 bits per heavy atom. The molecule has 0 aliphatic carbocycles. The Morgan fingerprint density at radius 2 is 1.42 bits per heavy atom. The van der Waals surface area contributed by atoms with E-state index in [1.807, 2.05) is 91.1 Å². The maximum atomic E-state index is 12.0. The van der Waals surface area contributed by atoms with E-state index in [9.17, 15) is 5.11 Å². The zero-order valence-corrected chi connectivity index (χ0v) is 29.6. The van der Waals surface area contributed by atoms with E-state index in [1.165, 1.54) is 0 Å². The molecule has 1 aliphatic heterocycles. The van der Waals surface area contributed by atoms with Crippen LogP contribution in [0, 0.1) is 0 Å². The van der Waals surface area contributed by atoms with E-state index in [4.69, 9.17) is 28.4 Å². The summed E-state index contributed by atoms with van der Waals surface area (Å²) in [6.45, 7) is 10.9. The van der Waals surface area contributed by atoms with Gasteiger partial charge in [-0.05, 0) is 65.2 Å². The Labute approximate surface area is 283 Å². The number of H-pyrrole nitrogens is 1. The summed E-state index contributed by atoms with van der Waals surface area (Å²) < 4.78 is 31.7. The standard InChI is InChI=1S/C38H45N3O6Si/c1-37(2,3)48(6,7)47-33-32(42)31(46-34(33)36-40-23-25-21-22-39-35(25)41-36)24-45-38(26-11-9-8-10-12-26,27-13-17-29(43-4)18-14-27)28-15-19-30(44-5)20-16-28/h8-23,31-34,42H,24H2,1-7H3,(H,39,40,41)/t31-,32-,33-,34?/m1/s1. The molecule has 2 aromatic heterocycles. The van der Waals surface area contributed by atoms with Crippen molar-refractivity contribution in [3.8, 4) is 11.5 Å². The van der Waals surface area contributed by atoms with Crippen molar-refractivity contribution >= 4 is 19.4 Å². The number of ether oxygens (including phenoxy) is 4. The number of benzene rings is 3. The highest BCUT2D eigenvalue weighted by atomic mass is 28.4. The number of nitrogens with zero attached hydrogens (tertiary/aromatic N) is 2. The summed E-state index contributed by atoms with van der Waals surface area (Å²) >= 11 is 0. The number of rotatable bonds is 11. The molecule has 48 heavy (non-hydrogen) atoms. The third kappa shape index (κ3) is 6.38. The first-order chi connectivity index (χ1) is 23.0. The lowest BCUT2D eigenvalue weighted by molar-refractivity contribution is -0.0837. The molecule has 0 radical (unpaired) electrons. The number of aromatic amines is 1. The Bertz CT molecular complexity index is 1760. The SMILES string of the molecule is COc1ccc(C(OC[C@H]2OC(c3ncc4cc[nH]c4n3)[C@H](O[Si](C)(C)C(C)(C)C)[C@@H]2O)(c2ccccc2)c2ccc(OC)cc2)cc1. The van der Waals surface area contributed by atoms with Crippen molar-refractivity contribution in [2.24, 2.45) is 0 Å². The zero-order chi connectivity index (χ0) is 34.1. The quantitative estimate of drug-likeness (QED) is 0.113. The smallest absolute Gasteiger partial charge is 0.192 e. The minimum atomic E-state index is -2.36. The van der Waals surface area contributed by atoms with Crippen molar-refractivity contribution < 1.29 is 28.5 Å². The average Bonchev–Trinajstić information content (AvgIpc) is 3.69. The van der Waals surface area contributed by atoms with E-state index in [-0.39, 0.29) is 11.6 Å². The molecule has 3 aromatic carbocycles. The highest BCUT2D eigenvalue weighted by molar-refractivity contribution is 6.74. The molecule has 2 N–H and O–H groups in total. The van der Waals surface area contributed by atoms with Gasteiger partial charge in [-0.25, -0.2) is 9.97 Å². The third-order valence-electron chi connectivity index (χ3n) is 9.78. The van der Waals surface area contributed by atoms with E-state index in [0.717, 1.165) is 33.6 Å². The first-order valence-electron chi connectivity index (χ1n) is 16.3. The summed E-state index contributed by atoms with van der Waals surface area (Å²) in [6.07, 6.45) is 0.447. The fourth-order valence-corrected chi connectivity index (χ4v) is 7.30. The van der Waals surface area contributed by atoms with E-state index < -0.39 is 38.3 Å². The summed E-state index contributed by atoms with van der Waals surface area (Å²) in [5.74, 6) is 1.92. The van der Waals surface area contributed by atoms with Crippen LogP contribution in [0.1, 0.15) is 49.4 Å². The summed E-state index contributed by atoms with van der Waals surface area (Å²) in [4.78, 5) is 12.6. The molecule has 0 saturated carbocycles. The normalized spacial score (nSPS) is 20.2. The van der Waals surface area contributed by atoms with Crippen LogP contribution in [0.15, 0.2) is 97.3 Å². The van der Waals surface area contributed by atoms with Crippen LogP contribution in [0.4, 0.5) is 0 Å². The average molecular weight is 668 g/mol. The fourth-order valence-electron chi connectivity index (χ4n) is 6.00. The molecule has 9 nitrogen and oxygen atoms in total. The summed E-state index contributed by atoms with van der Waals surface area (Å²) in [7, 11) is 0.934. The van der Waals surface area contributed by atoms with Gasteiger partial charge in [0.1, 0.15) is 47.2 Å². The van der Waals surface area contributed by atoms with Gasteiger partial charge in [0.05, 0.1) is 20.8 Å². The van der Waals surface area contributed by atoms with Gasteiger partial charge in [0.15, 0.2) is 14.1 Å². The molecule has 1 saturated heterocycles. The largest absolute Gasteiger partial charge is 0.497 e. The first kappa shape index (κ1) is 33.8. The van der Waals surface area contributed by atoms with Crippen molar-refractivity contribution in [2.75, 3.05) is 20.8 Å². The number of aliphatic hydroxyl groups is 1. The first-order valence-corrected chi connectivity index (χ1v) is 19.2. The van der Waals surface area contributed by atoms with Crippen LogP contribution < -0.4 is 9.47 Å². The molecule has 252 valence electrons. The Hall–Kier alpha value is -4.06. The minimum absolute atomic E-state index is 0.0483. The Balaban J connectivity index is 1.41. The molecule has 5 aromatic rings. The van der Waals surface area contributed by atoms with E-state index >= 15 is 0 Å². The predicted octanol–water partition coefficient (Wildman–Crippen LogP) is 7.18. The number of hydrogen-bond donors (Lipinski definition) is 2. The number of aliphatic hydroxyl groups excluding tert-OH is 1. The second-order valence-electron chi connectivity index (χ2n) is 13.8. The van der Waals surface area contributed by atoms with Crippen LogP contribution in [-0.2, 0) is 19.5 Å². The molecule has 6 rings (SSSR count). The molecule has 0 spiro atoms. The van der Waals surface area contributed by atoms with Gasteiger partial charge in [-0.15, -0.1) is 0 Å². The van der Waals surface area contributed by atoms with Gasteiger partial charge in [0.25, 0.3) is 0 Å². The number of hydrogen-bond acceptors (Lipinski definition) is 8. The van der Waals surface area contributed by atoms with Crippen molar-refractivity contribution in [1.29, 1.82) is 0 Å². The Kier molecular flexibility index (Phi) is 9.48. The molecule has 0 bridgehead atoms. The van der Waals surface area contributed by atoms with Gasteiger partial charge in [0.2, 0.25) is 0 Å². The van der Waals surface area contributed by atoms with E-state index in [0.29, 0.717) is 11.5 Å². The van der Waals surface area contributed by atoms with Crippen LogP contribution in [0.5, 0.6) is 11.5 Å². The summed E-state index contributed by atoms with van der Waals surface area (Å²) in [6, 6.07) is 27.7. The molecular weight excluding hydrogens is 623 g/mol. The molecule has 3 heterocycles. The molecule has 1 unspecified atom stereocenters. The third-order valence-corrected chi connectivity index (χ3v) is 14.3. The molecular formula is C38H45N3O6Si. The molecule has 1 aliphatic rings. The molecule has 10 heteroatoms. The van der Waals surface area contributed by atoms with Gasteiger partial charge in [-0.1, -0.05) is 75.4 Å². The maximum absolute atomic E-state index is 12.0. The second kappa shape index (κ2) is 13.4. The lowest BCUT2D eigenvalue weighted by atomic mass is 9.80. The highest BCUT2D eigenvalue weighted by Gasteiger charge is 2.52. The van der Waals surface area contributed by atoms with Crippen molar-refractivity contribution in [3.05, 3.63) is 120 Å². The van der Waals surface area contributed by atoms with Gasteiger partial charge >= 0.3 is 0 Å². The maximum Gasteiger partial charge on any atom is 0.192 e. The van der Waals surface area contributed by atoms with Gasteiger partial charge in [0, 0.05) is 17.8 Å². The van der Waals surface area contributed by atoms with Crippen LogP contribution >= 0.6 is 0 Å². The molecule has 4 atom stereocenters. The van der Waals surface area contributed by atoms with Crippen LogP contribution in [0.25, 0.3) is 11.0 Å². The fraction of sp³-hybridized carbons (Fsp3) is 0.368. The van der Waals surface area contributed by atoms with E-state index in [1.54, 1.807) is 20.4 Å². The van der Waals surface area contributed by atoms with E-state index in [2.05, 4.69) is 43.8 Å². The van der Waals surface area contributed by atoms with Crippen LogP contribution in [-0.4, -0.2) is 67.5 Å². The Morgan fingerprint density at radius 1 is 0.833 bits per heavy atom. The summed E-state index contributed by atoms with van der Waals surface area (Å²) in [5, 5.41) is 12.8. The van der Waals surface area contributed by atoms with Crippen molar-refractivity contribution in [3.63, 3.8) is 0 Å². The number of aromatic nitrogens is 3. The number of fused-ring (bicyclic) bond motifs is 1. The monoisotopic (exact) mass is 667 g/mol. The topological polar surface area (TPSA) is 108 Å². The van der Waals surface area contributed by atoms with Crippen LogP contribution in [0.3, 0.4) is 0 Å².